The van der Waals surface area contributed by atoms with Gasteiger partial charge in [-0.2, -0.15) is 0 Å². The van der Waals surface area contributed by atoms with E-state index < -0.39 is 0 Å². The van der Waals surface area contributed by atoms with Crippen molar-refractivity contribution >= 4 is 15.9 Å². The minimum absolute atomic E-state index is 0.0646. The lowest BCUT2D eigenvalue weighted by molar-refractivity contribution is 0.267. The van der Waals surface area contributed by atoms with Crippen LogP contribution in [-0.2, 0) is 0 Å². The van der Waals surface area contributed by atoms with E-state index in [9.17, 15) is 0 Å². The van der Waals surface area contributed by atoms with E-state index in [2.05, 4.69) is 15.9 Å². The average Bonchev–Trinajstić information content (AvgIpc) is 2.16. The number of ether oxygens (including phenoxy) is 1. The Labute approximate surface area is 85.6 Å². The minimum atomic E-state index is -0.347. The van der Waals surface area contributed by atoms with Crippen molar-refractivity contribution in [2.75, 3.05) is 13.7 Å². The van der Waals surface area contributed by atoms with E-state index in [0.29, 0.717) is 0 Å². The van der Waals surface area contributed by atoms with Crippen molar-refractivity contribution in [1.82, 2.24) is 0 Å². The fourth-order valence-electron chi connectivity index (χ4n) is 1.03. The highest BCUT2D eigenvalue weighted by Crippen LogP contribution is 2.26. The van der Waals surface area contributed by atoms with E-state index in [-0.39, 0.29) is 12.6 Å². The molecule has 72 valence electrons. The number of halogens is 1. The predicted octanol–water partition coefficient (Wildman–Crippen LogP) is 1.45. The van der Waals surface area contributed by atoms with Crippen LogP contribution in [-0.4, -0.2) is 18.8 Å². The lowest BCUT2D eigenvalue weighted by atomic mass is 10.1. The van der Waals surface area contributed by atoms with Gasteiger partial charge in [-0.25, -0.2) is 0 Å². The van der Waals surface area contributed by atoms with Gasteiger partial charge in [0.15, 0.2) is 0 Å². The third-order valence-electron chi connectivity index (χ3n) is 1.80. The normalized spacial score (nSPS) is 12.6. The van der Waals surface area contributed by atoms with E-state index in [1.807, 2.05) is 18.2 Å². The van der Waals surface area contributed by atoms with Crippen LogP contribution in [0.1, 0.15) is 11.6 Å². The molecule has 1 rings (SSSR count). The van der Waals surface area contributed by atoms with Crippen molar-refractivity contribution in [3.05, 3.63) is 28.2 Å². The first-order valence-electron chi connectivity index (χ1n) is 3.89. The third-order valence-corrected chi connectivity index (χ3v) is 2.49. The van der Waals surface area contributed by atoms with Gasteiger partial charge in [0, 0.05) is 4.47 Å². The standard InChI is InChI=1S/C9H12BrNO2/c1-13-6-2-3-7(8(10)4-6)9(11)5-12/h2-4,9,12H,5,11H2,1H3/t9-/m0/s1. The summed E-state index contributed by atoms with van der Waals surface area (Å²) in [5.74, 6) is 0.765. The van der Waals surface area contributed by atoms with Crippen molar-refractivity contribution < 1.29 is 9.84 Å². The molecule has 0 aliphatic rings. The van der Waals surface area contributed by atoms with Gasteiger partial charge >= 0.3 is 0 Å². The van der Waals surface area contributed by atoms with E-state index in [4.69, 9.17) is 15.6 Å². The van der Waals surface area contributed by atoms with Crippen LogP contribution in [0.3, 0.4) is 0 Å². The SMILES string of the molecule is COc1ccc([C@@H](N)CO)c(Br)c1. The van der Waals surface area contributed by atoms with E-state index in [1.54, 1.807) is 7.11 Å². The number of methoxy groups -OCH3 is 1. The van der Waals surface area contributed by atoms with Gasteiger partial charge in [-0.05, 0) is 17.7 Å². The third kappa shape index (κ3) is 2.43. The molecule has 0 bridgehead atoms. The zero-order valence-corrected chi connectivity index (χ0v) is 8.91. The molecule has 0 aliphatic carbocycles. The summed E-state index contributed by atoms with van der Waals surface area (Å²) in [6, 6.07) is 5.13. The summed E-state index contributed by atoms with van der Waals surface area (Å²) in [4.78, 5) is 0. The molecule has 0 radical (unpaired) electrons. The van der Waals surface area contributed by atoms with Crippen molar-refractivity contribution in [2.45, 2.75) is 6.04 Å². The molecule has 13 heavy (non-hydrogen) atoms. The molecule has 1 aromatic carbocycles. The summed E-state index contributed by atoms with van der Waals surface area (Å²) in [6.07, 6.45) is 0. The van der Waals surface area contributed by atoms with Crippen molar-refractivity contribution in [3.63, 3.8) is 0 Å². The molecular formula is C9H12BrNO2. The lowest BCUT2D eigenvalue weighted by Gasteiger charge is -2.11. The molecule has 0 saturated heterocycles. The average molecular weight is 246 g/mol. The van der Waals surface area contributed by atoms with Gasteiger partial charge in [-0.1, -0.05) is 22.0 Å². The maximum atomic E-state index is 8.86. The van der Waals surface area contributed by atoms with Gasteiger partial charge in [0.2, 0.25) is 0 Å². The maximum absolute atomic E-state index is 8.86. The van der Waals surface area contributed by atoms with Gasteiger partial charge in [0.1, 0.15) is 5.75 Å². The lowest BCUT2D eigenvalue weighted by Crippen LogP contribution is -2.14. The first-order valence-corrected chi connectivity index (χ1v) is 4.68. The second-order valence-corrected chi connectivity index (χ2v) is 3.53. The summed E-state index contributed by atoms with van der Waals surface area (Å²) >= 11 is 3.36. The van der Waals surface area contributed by atoms with Gasteiger partial charge in [-0.3, -0.25) is 0 Å². The Morgan fingerprint density at radius 1 is 1.62 bits per heavy atom. The van der Waals surface area contributed by atoms with Gasteiger partial charge in [0.05, 0.1) is 19.8 Å². The fraction of sp³-hybridized carbons (Fsp3) is 0.333. The summed E-state index contributed by atoms with van der Waals surface area (Å²) in [6.45, 7) is -0.0646. The molecule has 4 heteroatoms. The number of aliphatic hydroxyl groups is 1. The highest BCUT2D eigenvalue weighted by atomic mass is 79.9. The van der Waals surface area contributed by atoms with Crippen molar-refractivity contribution in [2.24, 2.45) is 5.73 Å². The second kappa shape index (κ2) is 4.60. The van der Waals surface area contributed by atoms with Crippen LogP contribution in [0.2, 0.25) is 0 Å². The Morgan fingerprint density at radius 3 is 2.77 bits per heavy atom. The quantitative estimate of drug-likeness (QED) is 0.848. The second-order valence-electron chi connectivity index (χ2n) is 2.68. The largest absolute Gasteiger partial charge is 0.497 e. The molecule has 0 unspecified atom stereocenters. The molecule has 0 heterocycles. The summed E-state index contributed by atoms with van der Waals surface area (Å²) in [5, 5.41) is 8.86. The van der Waals surface area contributed by atoms with E-state index in [0.717, 1.165) is 15.8 Å². The summed E-state index contributed by atoms with van der Waals surface area (Å²) < 4.78 is 5.89. The zero-order chi connectivity index (χ0) is 9.84. The van der Waals surface area contributed by atoms with Crippen LogP contribution in [0.5, 0.6) is 5.75 Å². The Bertz CT molecular complexity index is 291. The van der Waals surface area contributed by atoms with Crippen molar-refractivity contribution in [1.29, 1.82) is 0 Å². The highest BCUT2D eigenvalue weighted by Gasteiger charge is 2.08. The molecule has 0 aliphatic heterocycles. The van der Waals surface area contributed by atoms with Crippen molar-refractivity contribution in [3.8, 4) is 5.75 Å². The Kier molecular flexibility index (Phi) is 3.71. The first-order chi connectivity index (χ1) is 6.19. The monoisotopic (exact) mass is 245 g/mol. The number of hydrogen-bond donors (Lipinski definition) is 2. The maximum Gasteiger partial charge on any atom is 0.120 e. The molecule has 0 saturated carbocycles. The van der Waals surface area contributed by atoms with E-state index >= 15 is 0 Å². The van der Waals surface area contributed by atoms with Gasteiger partial charge < -0.3 is 15.6 Å². The number of hydrogen-bond acceptors (Lipinski definition) is 3. The van der Waals surface area contributed by atoms with Crippen LogP contribution >= 0.6 is 15.9 Å². The molecule has 0 fully saturated rings. The molecule has 0 amide bonds. The zero-order valence-electron chi connectivity index (χ0n) is 7.33. The molecule has 1 atom stereocenters. The minimum Gasteiger partial charge on any atom is -0.497 e. The predicted molar refractivity (Wildman–Crippen MR) is 54.7 cm³/mol. The van der Waals surface area contributed by atoms with Crippen LogP contribution in [0.15, 0.2) is 22.7 Å². The smallest absolute Gasteiger partial charge is 0.120 e. The van der Waals surface area contributed by atoms with Gasteiger partial charge in [0.25, 0.3) is 0 Å². The topological polar surface area (TPSA) is 55.5 Å². The highest BCUT2D eigenvalue weighted by molar-refractivity contribution is 9.10. The molecule has 0 aromatic heterocycles. The molecule has 1 aromatic rings. The number of rotatable bonds is 3. The Balaban J connectivity index is 2.98. The fourth-order valence-corrected chi connectivity index (χ4v) is 1.69. The first kappa shape index (κ1) is 10.5. The molecule has 3 nitrogen and oxygen atoms in total. The Morgan fingerprint density at radius 2 is 2.31 bits per heavy atom. The number of aliphatic hydroxyl groups excluding tert-OH is 1. The molecule has 3 N–H and O–H groups in total. The van der Waals surface area contributed by atoms with Crippen LogP contribution < -0.4 is 10.5 Å². The Hall–Kier alpha value is -0.580. The number of nitrogens with two attached hydrogens (primary N) is 1. The van der Waals surface area contributed by atoms with Crippen LogP contribution in [0.25, 0.3) is 0 Å². The molecular weight excluding hydrogens is 234 g/mol. The summed E-state index contributed by atoms with van der Waals surface area (Å²) in [5.41, 5.74) is 6.54. The van der Waals surface area contributed by atoms with Gasteiger partial charge in [-0.15, -0.1) is 0 Å². The molecule has 0 spiro atoms. The van der Waals surface area contributed by atoms with Crippen LogP contribution in [0, 0.1) is 0 Å². The van der Waals surface area contributed by atoms with E-state index in [1.165, 1.54) is 0 Å². The van der Waals surface area contributed by atoms with Crippen LogP contribution in [0.4, 0.5) is 0 Å². The summed E-state index contributed by atoms with van der Waals surface area (Å²) in [7, 11) is 1.60. The number of benzene rings is 1.